The molecule has 8 heteroatoms. The van der Waals surface area contributed by atoms with Crippen LogP contribution in [0.15, 0.2) is 59.6 Å². The maximum absolute atomic E-state index is 12.5. The Labute approximate surface area is 155 Å². The van der Waals surface area contributed by atoms with Gasteiger partial charge >= 0.3 is 6.36 Å². The van der Waals surface area contributed by atoms with Crippen LogP contribution < -0.4 is 15.8 Å². The number of guanidine groups is 1. The molecule has 27 heavy (non-hydrogen) atoms. The molecule has 2 aromatic rings. The Balaban J connectivity index is 2.10. The van der Waals surface area contributed by atoms with Crippen LogP contribution in [0, 0.1) is 0 Å². The zero-order valence-corrected chi connectivity index (χ0v) is 14.8. The molecule has 0 aromatic heterocycles. The fourth-order valence-electron chi connectivity index (χ4n) is 2.62. The zero-order valence-electron chi connectivity index (χ0n) is 14.8. The van der Waals surface area contributed by atoms with Crippen LogP contribution in [-0.4, -0.2) is 30.1 Å². The number of anilines is 1. The van der Waals surface area contributed by atoms with Crippen molar-refractivity contribution in [1.29, 1.82) is 0 Å². The first-order chi connectivity index (χ1) is 12.7. The maximum Gasteiger partial charge on any atom is 0.573 e. The van der Waals surface area contributed by atoms with E-state index in [-0.39, 0.29) is 24.1 Å². The van der Waals surface area contributed by atoms with Gasteiger partial charge in [-0.15, -0.1) is 13.2 Å². The van der Waals surface area contributed by atoms with E-state index >= 15 is 0 Å². The number of alkyl halides is 3. The van der Waals surface area contributed by atoms with Crippen molar-refractivity contribution in [3.63, 3.8) is 0 Å². The van der Waals surface area contributed by atoms with Crippen molar-refractivity contribution < 1.29 is 23.0 Å². The summed E-state index contributed by atoms with van der Waals surface area (Å²) in [7, 11) is 0. The monoisotopic (exact) mass is 381 g/mol. The molecule has 0 aliphatic carbocycles. The van der Waals surface area contributed by atoms with Crippen LogP contribution in [0.1, 0.15) is 24.8 Å². The number of benzene rings is 2. The highest BCUT2D eigenvalue weighted by Crippen LogP contribution is 2.29. The molecule has 2 unspecified atom stereocenters. The second-order valence-corrected chi connectivity index (χ2v) is 6.09. The molecule has 0 aliphatic rings. The predicted octanol–water partition coefficient (Wildman–Crippen LogP) is 3.87. The summed E-state index contributed by atoms with van der Waals surface area (Å²) in [5.74, 6) is -0.514. The summed E-state index contributed by atoms with van der Waals surface area (Å²) in [5, 5.41) is 12.3. The molecule has 146 valence electrons. The molecule has 0 radical (unpaired) electrons. The van der Waals surface area contributed by atoms with Gasteiger partial charge in [-0.05, 0) is 31.0 Å². The summed E-state index contributed by atoms with van der Waals surface area (Å²) in [4.78, 5) is 4.22. The van der Waals surface area contributed by atoms with Gasteiger partial charge in [0.25, 0.3) is 0 Å². The number of para-hydroxylation sites is 2. The second kappa shape index (κ2) is 9.27. The zero-order chi connectivity index (χ0) is 19.9. The lowest BCUT2D eigenvalue weighted by Crippen LogP contribution is -2.25. The first kappa shape index (κ1) is 20.6. The number of rotatable bonds is 7. The van der Waals surface area contributed by atoms with E-state index in [0.29, 0.717) is 6.42 Å². The summed E-state index contributed by atoms with van der Waals surface area (Å²) in [5.41, 5.74) is 6.89. The highest BCUT2D eigenvalue weighted by Gasteiger charge is 2.32. The van der Waals surface area contributed by atoms with Gasteiger partial charge in [0, 0.05) is 12.5 Å². The van der Waals surface area contributed by atoms with E-state index in [1.54, 1.807) is 13.0 Å². The number of aliphatic imine (C=N–C) groups is 1. The van der Waals surface area contributed by atoms with Crippen LogP contribution >= 0.6 is 0 Å². The van der Waals surface area contributed by atoms with Crippen molar-refractivity contribution in [1.82, 2.24) is 0 Å². The molecule has 2 rings (SSSR count). The molecule has 4 N–H and O–H groups in total. The Hall–Kier alpha value is -2.74. The fraction of sp³-hybridized carbons (Fsp3) is 0.316. The molecule has 5 nitrogen and oxygen atoms in total. The Bertz CT molecular complexity index is 749. The summed E-state index contributed by atoms with van der Waals surface area (Å²) in [6.07, 6.45) is -4.85. The lowest BCUT2D eigenvalue weighted by atomic mass is 9.93. The minimum atomic E-state index is -4.81. The minimum Gasteiger partial charge on any atom is -0.404 e. The fourth-order valence-corrected chi connectivity index (χ4v) is 2.62. The topological polar surface area (TPSA) is 79.9 Å². The molecule has 2 aromatic carbocycles. The number of hydrogen-bond acceptors (Lipinski definition) is 3. The Kier molecular flexibility index (Phi) is 7.06. The van der Waals surface area contributed by atoms with Crippen molar-refractivity contribution in [2.45, 2.75) is 31.7 Å². The number of ether oxygens (including phenoxy) is 1. The average Bonchev–Trinajstić information content (AvgIpc) is 2.59. The van der Waals surface area contributed by atoms with Gasteiger partial charge in [-0.3, -0.25) is 4.99 Å². The smallest absolute Gasteiger partial charge is 0.404 e. The number of nitrogens with zero attached hydrogens (tertiary/aromatic N) is 1. The van der Waals surface area contributed by atoms with Crippen LogP contribution in [0.2, 0.25) is 0 Å². The van der Waals surface area contributed by atoms with E-state index in [1.807, 2.05) is 30.3 Å². The molecule has 0 amide bonds. The van der Waals surface area contributed by atoms with Crippen LogP contribution in [0.3, 0.4) is 0 Å². The second-order valence-electron chi connectivity index (χ2n) is 6.09. The molecule has 2 atom stereocenters. The van der Waals surface area contributed by atoms with Gasteiger partial charge in [-0.1, -0.05) is 42.5 Å². The summed E-state index contributed by atoms with van der Waals surface area (Å²) < 4.78 is 41.4. The van der Waals surface area contributed by atoms with E-state index in [1.165, 1.54) is 18.2 Å². The van der Waals surface area contributed by atoms with Crippen LogP contribution in [0.4, 0.5) is 18.9 Å². The molecule has 0 fully saturated rings. The SMILES string of the molecule is CC(O)CC(CN=C(N)Nc1ccccc1OC(F)(F)F)c1ccccc1. The molecule has 0 saturated heterocycles. The van der Waals surface area contributed by atoms with E-state index in [9.17, 15) is 18.3 Å². The molecular weight excluding hydrogens is 359 g/mol. The lowest BCUT2D eigenvalue weighted by molar-refractivity contribution is -0.274. The lowest BCUT2D eigenvalue weighted by Gasteiger charge is -2.18. The van der Waals surface area contributed by atoms with Gasteiger partial charge in [0.1, 0.15) is 0 Å². The third kappa shape index (κ3) is 7.18. The summed E-state index contributed by atoms with van der Waals surface area (Å²) >= 11 is 0. The molecule has 0 bridgehead atoms. The van der Waals surface area contributed by atoms with Gasteiger partial charge in [-0.25, -0.2) is 0 Å². The average molecular weight is 381 g/mol. The molecular formula is C19H22F3N3O2. The summed E-state index contributed by atoms with van der Waals surface area (Å²) in [6, 6.07) is 15.1. The van der Waals surface area contributed by atoms with Crippen LogP contribution in [-0.2, 0) is 0 Å². The van der Waals surface area contributed by atoms with Crippen molar-refractivity contribution in [2.24, 2.45) is 10.7 Å². The molecule has 0 spiro atoms. The first-order valence-corrected chi connectivity index (χ1v) is 8.39. The minimum absolute atomic E-state index is 0.0419. The Morgan fingerprint density at radius 2 is 1.78 bits per heavy atom. The van der Waals surface area contributed by atoms with Crippen LogP contribution in [0.25, 0.3) is 0 Å². The van der Waals surface area contributed by atoms with Gasteiger partial charge in [0.2, 0.25) is 0 Å². The third-order valence-electron chi connectivity index (χ3n) is 3.75. The number of aliphatic hydroxyl groups excluding tert-OH is 1. The van der Waals surface area contributed by atoms with Gasteiger partial charge in [0.15, 0.2) is 11.7 Å². The number of nitrogens with two attached hydrogens (primary N) is 1. The van der Waals surface area contributed by atoms with E-state index in [2.05, 4.69) is 15.0 Å². The Morgan fingerprint density at radius 3 is 2.41 bits per heavy atom. The van der Waals surface area contributed by atoms with Crippen molar-refractivity contribution in [3.05, 3.63) is 60.2 Å². The van der Waals surface area contributed by atoms with Crippen LogP contribution in [0.5, 0.6) is 5.75 Å². The highest BCUT2D eigenvalue weighted by atomic mass is 19.4. The molecule has 0 heterocycles. The van der Waals surface area contributed by atoms with Crippen molar-refractivity contribution in [2.75, 3.05) is 11.9 Å². The molecule has 0 saturated carbocycles. The van der Waals surface area contributed by atoms with Crippen molar-refractivity contribution in [3.8, 4) is 5.75 Å². The number of nitrogens with one attached hydrogen (secondary N) is 1. The number of aliphatic hydroxyl groups is 1. The largest absolute Gasteiger partial charge is 0.573 e. The molecule has 0 aliphatic heterocycles. The van der Waals surface area contributed by atoms with Gasteiger partial charge in [0.05, 0.1) is 11.8 Å². The highest BCUT2D eigenvalue weighted by molar-refractivity contribution is 5.93. The first-order valence-electron chi connectivity index (χ1n) is 8.39. The predicted molar refractivity (Wildman–Crippen MR) is 98.7 cm³/mol. The standard InChI is InChI=1S/C19H22F3N3O2/c1-13(26)11-15(14-7-3-2-4-8-14)12-24-18(23)25-16-9-5-6-10-17(16)27-19(20,21)22/h2-10,13,15,26H,11-12H2,1H3,(H3,23,24,25). The van der Waals surface area contributed by atoms with E-state index < -0.39 is 18.2 Å². The quantitative estimate of drug-likeness (QED) is 0.503. The normalized spacial score (nSPS) is 14.5. The van der Waals surface area contributed by atoms with E-state index in [0.717, 1.165) is 5.56 Å². The van der Waals surface area contributed by atoms with E-state index in [4.69, 9.17) is 5.73 Å². The van der Waals surface area contributed by atoms with Crippen molar-refractivity contribution >= 4 is 11.6 Å². The van der Waals surface area contributed by atoms with Gasteiger partial charge < -0.3 is 20.9 Å². The summed E-state index contributed by atoms with van der Waals surface area (Å²) in [6.45, 7) is 1.96. The Morgan fingerprint density at radius 1 is 1.15 bits per heavy atom. The number of hydrogen-bond donors (Lipinski definition) is 3. The number of halogens is 3. The van der Waals surface area contributed by atoms with Gasteiger partial charge in [-0.2, -0.15) is 0 Å². The third-order valence-corrected chi connectivity index (χ3v) is 3.75. The maximum atomic E-state index is 12.5.